The van der Waals surface area contributed by atoms with Gasteiger partial charge in [0.1, 0.15) is 0 Å². The topological polar surface area (TPSA) is 15.3 Å². The predicted octanol–water partition coefficient (Wildman–Crippen LogP) is 2.88. The average molecular weight is 250 g/mol. The molecule has 1 aromatic rings. The summed E-state index contributed by atoms with van der Waals surface area (Å²) >= 11 is 1.85. The summed E-state index contributed by atoms with van der Waals surface area (Å²) in [5, 5.41) is 8.07. The van der Waals surface area contributed by atoms with Gasteiger partial charge in [-0.3, -0.25) is 4.90 Å². The quantitative estimate of drug-likeness (QED) is 0.887. The van der Waals surface area contributed by atoms with Gasteiger partial charge in [-0.25, -0.2) is 0 Å². The van der Waals surface area contributed by atoms with Crippen molar-refractivity contribution in [3.8, 4) is 0 Å². The Morgan fingerprint density at radius 1 is 1.24 bits per heavy atom. The fourth-order valence-corrected chi connectivity index (χ4v) is 4.15. The number of nitrogens with one attached hydrogen (secondary N) is 1. The minimum atomic E-state index is 0.700. The summed E-state index contributed by atoms with van der Waals surface area (Å²) in [4.78, 5) is 2.72. The number of hydrogen-bond acceptors (Lipinski definition) is 3. The van der Waals surface area contributed by atoms with E-state index in [0.29, 0.717) is 6.04 Å². The van der Waals surface area contributed by atoms with Gasteiger partial charge in [0.15, 0.2) is 0 Å². The smallest absolute Gasteiger partial charge is 0.0385 e. The molecule has 17 heavy (non-hydrogen) atoms. The molecular formula is C14H22N2S. The highest BCUT2D eigenvalue weighted by molar-refractivity contribution is 7.07. The van der Waals surface area contributed by atoms with Crippen LogP contribution in [0.3, 0.4) is 0 Å². The van der Waals surface area contributed by atoms with Gasteiger partial charge in [-0.05, 0) is 41.1 Å². The molecule has 1 saturated heterocycles. The summed E-state index contributed by atoms with van der Waals surface area (Å²) in [5.74, 6) is 0.905. The highest BCUT2D eigenvalue weighted by Crippen LogP contribution is 2.40. The van der Waals surface area contributed by atoms with Crippen LogP contribution in [0.15, 0.2) is 16.8 Å². The van der Waals surface area contributed by atoms with Gasteiger partial charge in [-0.15, -0.1) is 0 Å². The van der Waals surface area contributed by atoms with Gasteiger partial charge in [0.25, 0.3) is 0 Å². The molecule has 1 aliphatic heterocycles. The molecule has 0 bridgehead atoms. The lowest BCUT2D eigenvalue weighted by molar-refractivity contribution is 0.126. The van der Waals surface area contributed by atoms with Crippen molar-refractivity contribution in [2.24, 2.45) is 5.92 Å². The molecule has 0 spiro atoms. The summed E-state index contributed by atoms with van der Waals surface area (Å²) < 4.78 is 0. The van der Waals surface area contributed by atoms with Crippen LogP contribution < -0.4 is 5.32 Å². The van der Waals surface area contributed by atoms with Gasteiger partial charge in [-0.2, -0.15) is 11.3 Å². The first-order valence-electron chi connectivity index (χ1n) is 6.92. The first-order valence-corrected chi connectivity index (χ1v) is 7.86. The molecule has 1 atom stereocenters. The van der Waals surface area contributed by atoms with Crippen LogP contribution in [0.2, 0.25) is 0 Å². The van der Waals surface area contributed by atoms with Gasteiger partial charge in [0.05, 0.1) is 0 Å². The monoisotopic (exact) mass is 250 g/mol. The molecule has 1 saturated carbocycles. The zero-order valence-corrected chi connectivity index (χ0v) is 11.2. The van der Waals surface area contributed by atoms with Crippen LogP contribution in [0.4, 0.5) is 0 Å². The Morgan fingerprint density at radius 2 is 2.00 bits per heavy atom. The van der Waals surface area contributed by atoms with E-state index in [0.717, 1.165) is 19.0 Å². The molecule has 2 aliphatic rings. The minimum absolute atomic E-state index is 0.700. The Balaban J connectivity index is 1.79. The standard InChI is InChI=1S/C14H22N2S/c1-2-4-12(3-1)14(13-5-10-17-11-13)16-8-6-15-7-9-16/h5,10-12,14-15H,1-4,6-9H2/t14-/m0/s1. The maximum Gasteiger partial charge on any atom is 0.0385 e. The number of rotatable bonds is 3. The van der Waals surface area contributed by atoms with E-state index in [9.17, 15) is 0 Å². The minimum Gasteiger partial charge on any atom is -0.314 e. The number of piperazine rings is 1. The van der Waals surface area contributed by atoms with E-state index in [1.54, 1.807) is 5.56 Å². The normalized spacial score (nSPS) is 25.2. The van der Waals surface area contributed by atoms with E-state index in [-0.39, 0.29) is 0 Å². The number of nitrogens with zero attached hydrogens (tertiary/aromatic N) is 1. The van der Waals surface area contributed by atoms with Crippen molar-refractivity contribution < 1.29 is 0 Å². The van der Waals surface area contributed by atoms with Gasteiger partial charge in [0, 0.05) is 32.2 Å². The first kappa shape index (κ1) is 11.7. The summed E-state index contributed by atoms with van der Waals surface area (Å²) in [5.41, 5.74) is 1.57. The summed E-state index contributed by atoms with van der Waals surface area (Å²) in [6, 6.07) is 3.04. The van der Waals surface area contributed by atoms with Crippen LogP contribution >= 0.6 is 11.3 Å². The molecule has 3 heteroatoms. The van der Waals surface area contributed by atoms with Crippen molar-refractivity contribution in [2.45, 2.75) is 31.7 Å². The van der Waals surface area contributed by atoms with E-state index in [1.165, 1.54) is 38.8 Å². The third-order valence-corrected chi connectivity index (χ3v) is 4.98. The molecule has 1 aromatic heterocycles. The fourth-order valence-electron chi connectivity index (χ4n) is 3.46. The Kier molecular flexibility index (Phi) is 3.79. The Bertz CT molecular complexity index is 324. The first-order chi connectivity index (χ1) is 8.45. The third-order valence-electron chi connectivity index (χ3n) is 4.28. The summed E-state index contributed by atoms with van der Waals surface area (Å²) in [6.45, 7) is 4.76. The Morgan fingerprint density at radius 3 is 2.65 bits per heavy atom. The molecule has 1 N–H and O–H groups in total. The second kappa shape index (κ2) is 5.51. The molecule has 0 aromatic carbocycles. The lowest BCUT2D eigenvalue weighted by atomic mass is 9.91. The highest BCUT2D eigenvalue weighted by atomic mass is 32.1. The van der Waals surface area contributed by atoms with Gasteiger partial charge >= 0.3 is 0 Å². The van der Waals surface area contributed by atoms with Crippen LogP contribution in [0.5, 0.6) is 0 Å². The van der Waals surface area contributed by atoms with Crippen molar-refractivity contribution in [3.63, 3.8) is 0 Å². The largest absolute Gasteiger partial charge is 0.314 e. The number of hydrogen-bond donors (Lipinski definition) is 1. The lowest BCUT2D eigenvalue weighted by Gasteiger charge is -2.38. The van der Waals surface area contributed by atoms with Gasteiger partial charge in [-0.1, -0.05) is 12.8 Å². The second-order valence-corrected chi connectivity index (χ2v) is 6.11. The van der Waals surface area contributed by atoms with Crippen molar-refractivity contribution >= 4 is 11.3 Å². The SMILES string of the molecule is c1cc([C@H](C2CCCC2)N2CCNCC2)cs1. The lowest BCUT2D eigenvalue weighted by Crippen LogP contribution is -2.46. The molecule has 3 rings (SSSR count). The number of thiophene rings is 1. The van der Waals surface area contributed by atoms with E-state index in [1.807, 2.05) is 11.3 Å². The maximum absolute atomic E-state index is 3.47. The third kappa shape index (κ3) is 2.56. The molecule has 0 unspecified atom stereocenters. The molecule has 94 valence electrons. The van der Waals surface area contributed by atoms with Crippen LogP contribution in [-0.2, 0) is 0 Å². The fraction of sp³-hybridized carbons (Fsp3) is 0.714. The molecule has 1 aliphatic carbocycles. The van der Waals surface area contributed by atoms with Crippen LogP contribution in [0.25, 0.3) is 0 Å². The zero-order valence-electron chi connectivity index (χ0n) is 10.4. The van der Waals surface area contributed by atoms with E-state index in [4.69, 9.17) is 0 Å². The van der Waals surface area contributed by atoms with Crippen molar-refractivity contribution in [1.82, 2.24) is 10.2 Å². The molecular weight excluding hydrogens is 228 g/mol. The van der Waals surface area contributed by atoms with Crippen molar-refractivity contribution in [3.05, 3.63) is 22.4 Å². The molecule has 2 fully saturated rings. The molecule has 0 radical (unpaired) electrons. The van der Waals surface area contributed by atoms with Gasteiger partial charge < -0.3 is 5.32 Å². The average Bonchev–Trinajstić information content (AvgIpc) is 3.04. The summed E-state index contributed by atoms with van der Waals surface area (Å²) in [7, 11) is 0. The second-order valence-electron chi connectivity index (χ2n) is 5.33. The van der Waals surface area contributed by atoms with Gasteiger partial charge in [0.2, 0.25) is 0 Å². The van der Waals surface area contributed by atoms with Crippen molar-refractivity contribution in [2.75, 3.05) is 26.2 Å². The van der Waals surface area contributed by atoms with E-state index >= 15 is 0 Å². The van der Waals surface area contributed by atoms with Crippen molar-refractivity contribution in [1.29, 1.82) is 0 Å². The molecule has 0 amide bonds. The van der Waals surface area contributed by atoms with Crippen LogP contribution in [-0.4, -0.2) is 31.1 Å². The Hall–Kier alpha value is -0.380. The van der Waals surface area contributed by atoms with E-state index < -0.39 is 0 Å². The predicted molar refractivity (Wildman–Crippen MR) is 73.5 cm³/mol. The van der Waals surface area contributed by atoms with E-state index in [2.05, 4.69) is 27.0 Å². The molecule has 2 nitrogen and oxygen atoms in total. The summed E-state index contributed by atoms with van der Waals surface area (Å²) in [6.07, 6.45) is 5.75. The van der Waals surface area contributed by atoms with Crippen LogP contribution in [0.1, 0.15) is 37.3 Å². The highest BCUT2D eigenvalue weighted by Gasteiger charge is 2.31. The maximum atomic E-state index is 3.47. The van der Waals surface area contributed by atoms with Crippen LogP contribution in [0, 0.1) is 5.92 Å². The Labute approximate surface area is 108 Å². The molecule has 2 heterocycles. The zero-order chi connectivity index (χ0) is 11.5.